The van der Waals surface area contributed by atoms with Gasteiger partial charge in [0.05, 0.1) is 16.6 Å². The predicted molar refractivity (Wildman–Crippen MR) is 89.7 cm³/mol. The van der Waals surface area contributed by atoms with Crippen molar-refractivity contribution in [3.63, 3.8) is 0 Å². The molecule has 2 rings (SSSR count). The summed E-state index contributed by atoms with van der Waals surface area (Å²) in [5.74, 6) is -0.728. The highest BCUT2D eigenvalue weighted by molar-refractivity contribution is 6.42. The summed E-state index contributed by atoms with van der Waals surface area (Å²) in [5, 5.41) is 9.75. The highest BCUT2D eigenvalue weighted by Gasteiger charge is 2.36. The smallest absolute Gasteiger partial charge is 0.332 e. The third-order valence-electron chi connectivity index (χ3n) is 3.71. The number of benzene rings is 1. The van der Waals surface area contributed by atoms with E-state index in [4.69, 9.17) is 37.8 Å². The van der Waals surface area contributed by atoms with Gasteiger partial charge in [0.2, 0.25) is 0 Å². The monoisotopic (exact) mass is 375 g/mol. The van der Waals surface area contributed by atoms with Crippen LogP contribution in [0.25, 0.3) is 0 Å². The van der Waals surface area contributed by atoms with Crippen molar-refractivity contribution in [1.82, 2.24) is 4.90 Å². The molecule has 1 aliphatic rings. The van der Waals surface area contributed by atoms with E-state index < -0.39 is 18.2 Å². The maximum Gasteiger partial charge on any atom is 0.332 e. The molecule has 1 heterocycles. The molecule has 1 aromatic carbocycles. The van der Waals surface area contributed by atoms with Crippen molar-refractivity contribution in [1.29, 1.82) is 0 Å². The van der Waals surface area contributed by atoms with Crippen LogP contribution in [-0.4, -0.2) is 53.8 Å². The molecule has 1 N–H and O–H groups in total. The minimum Gasteiger partial charge on any atom is -0.489 e. The third kappa shape index (κ3) is 4.75. The van der Waals surface area contributed by atoms with Gasteiger partial charge in [0.1, 0.15) is 18.0 Å². The molecular formula is C16H19Cl2NO5. The van der Waals surface area contributed by atoms with Crippen LogP contribution in [-0.2, 0) is 14.3 Å². The van der Waals surface area contributed by atoms with Gasteiger partial charge in [-0.2, -0.15) is 0 Å². The van der Waals surface area contributed by atoms with Gasteiger partial charge in [0.25, 0.3) is 5.91 Å². The first-order valence-electron chi connectivity index (χ1n) is 7.53. The highest BCUT2D eigenvalue weighted by Crippen LogP contribution is 2.27. The molecule has 1 saturated heterocycles. The number of hydrogen-bond donors (Lipinski definition) is 1. The lowest BCUT2D eigenvalue weighted by molar-refractivity contribution is -0.154. The molecule has 0 radical (unpaired) electrons. The van der Waals surface area contributed by atoms with Gasteiger partial charge in [-0.05, 0) is 31.9 Å². The Bertz CT molecular complexity index is 624. The summed E-state index contributed by atoms with van der Waals surface area (Å²) >= 11 is 11.8. The Morgan fingerprint density at radius 2 is 2.00 bits per heavy atom. The fraction of sp³-hybridized carbons (Fsp3) is 0.500. The summed E-state index contributed by atoms with van der Waals surface area (Å²) in [7, 11) is 1.63. The Morgan fingerprint density at radius 1 is 1.33 bits per heavy atom. The van der Waals surface area contributed by atoms with Gasteiger partial charge < -0.3 is 19.5 Å². The molecule has 3 atom stereocenters. The Morgan fingerprint density at radius 3 is 2.58 bits per heavy atom. The van der Waals surface area contributed by atoms with Crippen LogP contribution >= 0.6 is 23.2 Å². The number of ether oxygens (including phenoxy) is 2. The molecule has 24 heavy (non-hydrogen) atoms. The predicted octanol–water partition coefficient (Wildman–Crippen LogP) is 2.85. The van der Waals surface area contributed by atoms with Crippen molar-refractivity contribution < 1.29 is 24.2 Å². The van der Waals surface area contributed by atoms with Crippen molar-refractivity contribution in [2.24, 2.45) is 0 Å². The number of halogens is 2. The van der Waals surface area contributed by atoms with Crippen molar-refractivity contribution in [3.8, 4) is 5.75 Å². The summed E-state index contributed by atoms with van der Waals surface area (Å²) in [6.07, 6.45) is -1.16. The second kappa shape index (κ2) is 8.05. The minimum atomic E-state index is -1.04. The first-order valence-corrected chi connectivity index (χ1v) is 8.28. The van der Waals surface area contributed by atoms with Gasteiger partial charge in [-0.1, -0.05) is 23.2 Å². The summed E-state index contributed by atoms with van der Waals surface area (Å²) < 4.78 is 11.0. The van der Waals surface area contributed by atoms with Gasteiger partial charge in [0.15, 0.2) is 6.10 Å². The Balaban J connectivity index is 1.86. The quantitative estimate of drug-likeness (QED) is 0.826. The SMILES string of the molecule is CC(CN(C)C(=O)[C@@H]1CC[C@H](C(=O)O)O1)Oc1ccc(Cl)c(Cl)c1. The fourth-order valence-corrected chi connectivity index (χ4v) is 2.83. The van der Waals surface area contributed by atoms with Gasteiger partial charge >= 0.3 is 5.97 Å². The Hall–Kier alpha value is -1.50. The second-order valence-corrected chi connectivity index (χ2v) is 6.57. The number of likely N-dealkylation sites (N-methyl/N-ethyl adjacent to an activating group) is 1. The largest absolute Gasteiger partial charge is 0.489 e. The number of rotatable bonds is 6. The average molecular weight is 376 g/mol. The Labute approximate surface area is 150 Å². The molecule has 0 saturated carbocycles. The number of amides is 1. The standard InChI is InChI=1S/C16H19Cl2NO5/c1-9(23-10-3-4-11(17)12(18)7-10)8-19(2)15(20)13-5-6-14(24-13)16(21)22/h3-4,7,9,13-14H,5-6,8H2,1-2H3,(H,21,22)/t9?,13-,14+/m0/s1. The van der Waals surface area contributed by atoms with E-state index in [2.05, 4.69) is 0 Å². The lowest BCUT2D eigenvalue weighted by atomic mass is 10.2. The maximum atomic E-state index is 12.3. The zero-order valence-corrected chi connectivity index (χ0v) is 14.9. The van der Waals surface area contributed by atoms with Gasteiger partial charge in [-0.15, -0.1) is 0 Å². The summed E-state index contributed by atoms with van der Waals surface area (Å²) in [4.78, 5) is 24.7. The normalized spacial score (nSPS) is 21.3. The zero-order chi connectivity index (χ0) is 17.9. The van der Waals surface area contributed by atoms with Gasteiger partial charge in [-0.3, -0.25) is 4.79 Å². The topological polar surface area (TPSA) is 76.1 Å². The molecule has 132 valence electrons. The van der Waals surface area contributed by atoms with E-state index in [-0.39, 0.29) is 12.0 Å². The van der Waals surface area contributed by atoms with Crippen LogP contribution in [0.2, 0.25) is 10.0 Å². The molecule has 0 bridgehead atoms. The van der Waals surface area contributed by atoms with Crippen LogP contribution in [0.15, 0.2) is 18.2 Å². The molecule has 1 unspecified atom stereocenters. The number of carbonyl (C=O) groups excluding carboxylic acids is 1. The number of carboxylic acids is 1. The molecule has 0 aliphatic carbocycles. The highest BCUT2D eigenvalue weighted by atomic mass is 35.5. The number of hydrogen-bond acceptors (Lipinski definition) is 4. The number of nitrogens with zero attached hydrogens (tertiary/aromatic N) is 1. The zero-order valence-electron chi connectivity index (χ0n) is 13.4. The minimum absolute atomic E-state index is 0.247. The van der Waals surface area contributed by atoms with Crippen molar-refractivity contribution in [3.05, 3.63) is 28.2 Å². The fourth-order valence-electron chi connectivity index (χ4n) is 2.54. The summed E-state index contributed by atoms with van der Waals surface area (Å²) in [5.41, 5.74) is 0. The van der Waals surface area contributed by atoms with Gasteiger partial charge in [0, 0.05) is 13.1 Å². The van der Waals surface area contributed by atoms with Crippen molar-refractivity contribution in [2.45, 2.75) is 38.1 Å². The molecule has 8 heteroatoms. The summed E-state index contributed by atoms with van der Waals surface area (Å²) in [6, 6.07) is 4.95. The van der Waals surface area contributed by atoms with E-state index in [1.807, 2.05) is 6.92 Å². The molecule has 1 aromatic rings. The van der Waals surface area contributed by atoms with Gasteiger partial charge in [-0.25, -0.2) is 4.79 Å². The van der Waals surface area contributed by atoms with Crippen LogP contribution in [0.4, 0.5) is 0 Å². The van der Waals surface area contributed by atoms with Crippen molar-refractivity contribution >= 4 is 35.1 Å². The van der Waals surface area contributed by atoms with Crippen LogP contribution < -0.4 is 4.74 Å². The number of aliphatic carboxylic acids is 1. The second-order valence-electron chi connectivity index (χ2n) is 5.75. The first kappa shape index (κ1) is 18.8. The summed E-state index contributed by atoms with van der Waals surface area (Å²) in [6.45, 7) is 2.15. The van der Waals surface area contributed by atoms with E-state index in [0.717, 1.165) is 0 Å². The molecule has 0 aromatic heterocycles. The van der Waals surface area contributed by atoms with E-state index in [1.165, 1.54) is 4.90 Å². The molecule has 1 aliphatic heterocycles. The molecule has 6 nitrogen and oxygen atoms in total. The Kier molecular flexibility index (Phi) is 6.32. The molecule has 1 fully saturated rings. The third-order valence-corrected chi connectivity index (χ3v) is 4.45. The lowest BCUT2D eigenvalue weighted by Gasteiger charge is -2.25. The van der Waals surface area contributed by atoms with Crippen LogP contribution in [0.5, 0.6) is 5.75 Å². The molecular weight excluding hydrogens is 357 g/mol. The van der Waals surface area contributed by atoms with E-state index in [0.29, 0.717) is 35.2 Å². The number of carbonyl (C=O) groups is 2. The van der Waals surface area contributed by atoms with Crippen LogP contribution in [0.3, 0.4) is 0 Å². The molecule has 1 amide bonds. The van der Waals surface area contributed by atoms with E-state index >= 15 is 0 Å². The molecule has 0 spiro atoms. The average Bonchev–Trinajstić information content (AvgIpc) is 3.00. The first-order chi connectivity index (χ1) is 11.3. The van der Waals surface area contributed by atoms with Crippen molar-refractivity contribution in [2.75, 3.05) is 13.6 Å². The number of carboxylic acid groups (broad SMARTS) is 1. The van der Waals surface area contributed by atoms with E-state index in [9.17, 15) is 9.59 Å². The lowest BCUT2D eigenvalue weighted by Crippen LogP contribution is -2.41. The van der Waals surface area contributed by atoms with Crippen LogP contribution in [0, 0.1) is 0 Å². The maximum absolute atomic E-state index is 12.3. The van der Waals surface area contributed by atoms with Crippen LogP contribution in [0.1, 0.15) is 19.8 Å². The van der Waals surface area contributed by atoms with E-state index in [1.54, 1.807) is 25.2 Å².